The van der Waals surface area contributed by atoms with Crippen molar-refractivity contribution in [3.8, 4) is 17.2 Å². The number of carbonyl (C=O) groups is 2. The number of carboxylic acids is 1. The van der Waals surface area contributed by atoms with E-state index in [-0.39, 0.29) is 17.1 Å². The molecule has 0 saturated heterocycles. The highest BCUT2D eigenvalue weighted by Gasteiger charge is 2.34. The van der Waals surface area contributed by atoms with E-state index in [1.54, 1.807) is 12.1 Å². The molecule has 25 heavy (non-hydrogen) atoms. The number of halogens is 1. The van der Waals surface area contributed by atoms with Crippen LogP contribution in [0.25, 0.3) is 0 Å². The Labute approximate surface area is 143 Å². The Morgan fingerprint density at radius 3 is 2.20 bits per heavy atom. The van der Waals surface area contributed by atoms with Gasteiger partial charge in [0.25, 0.3) is 0 Å². The fourth-order valence-corrected chi connectivity index (χ4v) is 2.47. The van der Waals surface area contributed by atoms with Gasteiger partial charge in [0.05, 0.1) is 21.3 Å². The molecule has 1 unspecified atom stereocenters. The molecule has 0 heterocycles. The molecule has 0 aliphatic heterocycles. The maximum Gasteiger partial charge on any atom is 0.318 e. The van der Waals surface area contributed by atoms with E-state index >= 15 is 0 Å². The summed E-state index contributed by atoms with van der Waals surface area (Å²) < 4.78 is 29.6. The number of aliphatic carboxylic acids is 1. The average Bonchev–Trinajstić information content (AvgIpc) is 2.61. The quantitative estimate of drug-likeness (QED) is 0.612. The number of hydrogen-bond donors (Lipinski definition) is 1. The number of carboxylic acid groups (broad SMARTS) is 1. The van der Waals surface area contributed by atoms with Gasteiger partial charge < -0.3 is 19.3 Å². The molecule has 2 aromatic rings. The number of hydrogen-bond acceptors (Lipinski definition) is 5. The van der Waals surface area contributed by atoms with Crippen LogP contribution in [0.4, 0.5) is 4.39 Å². The smallest absolute Gasteiger partial charge is 0.318 e. The largest absolute Gasteiger partial charge is 0.497 e. The van der Waals surface area contributed by atoms with Crippen molar-refractivity contribution in [3.05, 3.63) is 53.3 Å². The van der Waals surface area contributed by atoms with Crippen LogP contribution in [-0.4, -0.2) is 38.2 Å². The van der Waals surface area contributed by atoms with Gasteiger partial charge in [0.15, 0.2) is 17.3 Å². The van der Waals surface area contributed by atoms with Crippen LogP contribution in [0, 0.1) is 5.82 Å². The van der Waals surface area contributed by atoms with Crippen LogP contribution in [0.15, 0.2) is 36.4 Å². The maximum absolute atomic E-state index is 14.6. The number of Topliss-reactive ketones (excluding diaryl/α,β-unsaturated/α-hetero) is 1. The molecule has 0 bridgehead atoms. The summed E-state index contributed by atoms with van der Waals surface area (Å²) in [7, 11) is 3.93. The van der Waals surface area contributed by atoms with Crippen LogP contribution >= 0.6 is 0 Å². The predicted molar refractivity (Wildman–Crippen MR) is 87.2 cm³/mol. The molecule has 0 aliphatic carbocycles. The van der Waals surface area contributed by atoms with E-state index in [9.17, 15) is 19.1 Å². The highest BCUT2D eigenvalue weighted by Crippen LogP contribution is 2.34. The number of methoxy groups -OCH3 is 3. The molecule has 0 fully saturated rings. The maximum atomic E-state index is 14.6. The van der Waals surface area contributed by atoms with Crippen LogP contribution < -0.4 is 14.2 Å². The predicted octanol–water partition coefficient (Wildman–Crippen LogP) is 2.90. The molecule has 1 atom stereocenters. The van der Waals surface area contributed by atoms with Gasteiger partial charge in [0.1, 0.15) is 23.0 Å². The second kappa shape index (κ2) is 7.65. The third kappa shape index (κ3) is 3.55. The van der Waals surface area contributed by atoms with Crippen molar-refractivity contribution < 1.29 is 33.3 Å². The van der Waals surface area contributed by atoms with Crippen LogP contribution in [0.5, 0.6) is 17.2 Å². The van der Waals surface area contributed by atoms with E-state index in [2.05, 4.69) is 0 Å². The zero-order valence-electron chi connectivity index (χ0n) is 13.9. The monoisotopic (exact) mass is 348 g/mol. The van der Waals surface area contributed by atoms with Gasteiger partial charge >= 0.3 is 5.97 Å². The molecule has 0 aliphatic rings. The van der Waals surface area contributed by atoms with E-state index in [1.807, 2.05) is 0 Å². The summed E-state index contributed by atoms with van der Waals surface area (Å²) >= 11 is 0. The van der Waals surface area contributed by atoms with Gasteiger partial charge in [-0.3, -0.25) is 9.59 Å². The SMILES string of the molecule is COc1cccc(C(C(=O)O)C(=O)c2c(OC)ccc(OC)c2F)c1. The van der Waals surface area contributed by atoms with Crippen LogP contribution in [0.1, 0.15) is 21.8 Å². The lowest BCUT2D eigenvalue weighted by Gasteiger charge is -2.16. The van der Waals surface area contributed by atoms with Gasteiger partial charge in [-0.25, -0.2) is 4.39 Å². The molecule has 0 saturated carbocycles. The Bertz CT molecular complexity index is 802. The van der Waals surface area contributed by atoms with Gasteiger partial charge in [0, 0.05) is 0 Å². The summed E-state index contributed by atoms with van der Waals surface area (Å²) in [5.74, 6) is -4.82. The van der Waals surface area contributed by atoms with E-state index in [1.165, 1.54) is 45.6 Å². The molecule has 2 rings (SSSR count). The molecule has 132 valence electrons. The first-order chi connectivity index (χ1) is 11.9. The van der Waals surface area contributed by atoms with E-state index in [4.69, 9.17) is 14.2 Å². The minimum absolute atomic E-state index is 0.0718. The number of benzene rings is 2. The van der Waals surface area contributed by atoms with Gasteiger partial charge in [0.2, 0.25) is 0 Å². The van der Waals surface area contributed by atoms with Crippen molar-refractivity contribution in [2.45, 2.75) is 5.92 Å². The molecule has 0 aromatic heterocycles. The van der Waals surface area contributed by atoms with E-state index < -0.39 is 29.1 Å². The van der Waals surface area contributed by atoms with Crippen molar-refractivity contribution in [1.82, 2.24) is 0 Å². The minimum Gasteiger partial charge on any atom is -0.497 e. The first-order valence-corrected chi connectivity index (χ1v) is 7.26. The van der Waals surface area contributed by atoms with Gasteiger partial charge in [-0.2, -0.15) is 0 Å². The lowest BCUT2D eigenvalue weighted by molar-refractivity contribution is -0.137. The Morgan fingerprint density at radius 2 is 1.64 bits per heavy atom. The third-order valence-electron chi connectivity index (χ3n) is 3.69. The summed E-state index contributed by atoms with van der Waals surface area (Å²) in [6.45, 7) is 0. The summed E-state index contributed by atoms with van der Waals surface area (Å²) in [6, 6.07) is 8.69. The number of carbonyl (C=O) groups excluding carboxylic acids is 1. The average molecular weight is 348 g/mol. The zero-order chi connectivity index (χ0) is 18.6. The van der Waals surface area contributed by atoms with Crippen LogP contribution in [0.2, 0.25) is 0 Å². The molecule has 7 heteroatoms. The summed E-state index contributed by atoms with van der Waals surface area (Å²) in [5.41, 5.74) is -0.307. The van der Waals surface area contributed by atoms with Crippen molar-refractivity contribution in [1.29, 1.82) is 0 Å². The van der Waals surface area contributed by atoms with Gasteiger partial charge in [-0.15, -0.1) is 0 Å². The normalized spacial score (nSPS) is 11.5. The van der Waals surface area contributed by atoms with Gasteiger partial charge in [-0.1, -0.05) is 12.1 Å². The fraction of sp³-hybridized carbons (Fsp3) is 0.222. The number of ketones is 1. The van der Waals surface area contributed by atoms with Crippen molar-refractivity contribution in [2.75, 3.05) is 21.3 Å². The number of ether oxygens (including phenoxy) is 3. The first-order valence-electron chi connectivity index (χ1n) is 7.26. The number of rotatable bonds is 7. The van der Waals surface area contributed by atoms with E-state index in [0.29, 0.717) is 5.75 Å². The molecule has 0 radical (unpaired) electrons. The molecular formula is C18H17FO6. The second-order valence-electron chi connectivity index (χ2n) is 5.07. The van der Waals surface area contributed by atoms with Crippen molar-refractivity contribution >= 4 is 11.8 Å². The molecule has 0 spiro atoms. The van der Waals surface area contributed by atoms with Crippen LogP contribution in [0.3, 0.4) is 0 Å². The summed E-state index contributed by atoms with van der Waals surface area (Å²) in [4.78, 5) is 24.6. The zero-order valence-corrected chi connectivity index (χ0v) is 13.9. The standard InChI is InChI=1S/C18H17FO6/c1-23-11-6-4-5-10(9-11)14(18(21)22)17(20)15-12(24-2)7-8-13(25-3)16(15)19/h4-9,14H,1-3H3,(H,21,22). The molecular weight excluding hydrogens is 331 g/mol. The second-order valence-corrected chi connectivity index (χ2v) is 5.07. The lowest BCUT2D eigenvalue weighted by Crippen LogP contribution is -2.23. The third-order valence-corrected chi connectivity index (χ3v) is 3.69. The molecule has 0 amide bonds. The molecule has 2 aromatic carbocycles. The molecule has 1 N–H and O–H groups in total. The minimum atomic E-state index is -1.62. The summed E-state index contributed by atoms with van der Waals surface area (Å²) in [6.07, 6.45) is 0. The Hall–Kier alpha value is -3.09. The molecule has 6 nitrogen and oxygen atoms in total. The highest BCUT2D eigenvalue weighted by atomic mass is 19.1. The summed E-state index contributed by atoms with van der Waals surface area (Å²) in [5, 5.41) is 9.55. The lowest BCUT2D eigenvalue weighted by atomic mass is 9.89. The fourth-order valence-electron chi connectivity index (χ4n) is 2.47. The Kier molecular flexibility index (Phi) is 5.59. The van der Waals surface area contributed by atoms with Crippen molar-refractivity contribution in [3.63, 3.8) is 0 Å². The first kappa shape index (κ1) is 18.3. The van der Waals surface area contributed by atoms with Crippen molar-refractivity contribution in [2.24, 2.45) is 0 Å². The Balaban J connectivity index is 2.60. The Morgan fingerprint density at radius 1 is 1.00 bits per heavy atom. The van der Waals surface area contributed by atoms with Crippen LogP contribution in [-0.2, 0) is 4.79 Å². The highest BCUT2D eigenvalue weighted by molar-refractivity contribution is 6.14. The van der Waals surface area contributed by atoms with Gasteiger partial charge in [-0.05, 0) is 29.8 Å². The topological polar surface area (TPSA) is 82.1 Å². The van der Waals surface area contributed by atoms with E-state index in [0.717, 1.165) is 0 Å².